The van der Waals surface area contributed by atoms with Gasteiger partial charge in [-0.15, -0.1) is 0 Å². The van der Waals surface area contributed by atoms with Crippen LogP contribution in [0.1, 0.15) is 45.4 Å². The number of hydrogen-bond acceptors (Lipinski definition) is 3. The van der Waals surface area contributed by atoms with Crippen LogP contribution in [0.15, 0.2) is 0 Å². The standard InChI is InChI=1S/C13H23NO2/c1-3-4-5-11-10-12(15)16-13(11)6-8-14(2)9-7-13/h11H,3-10H2,1-2H3/t11-/m0/s1. The number of ether oxygens (including phenoxy) is 1. The average Bonchev–Trinajstić information content (AvgIpc) is 2.57. The van der Waals surface area contributed by atoms with Crippen molar-refractivity contribution < 1.29 is 9.53 Å². The first-order valence-electron chi connectivity index (χ1n) is 6.56. The van der Waals surface area contributed by atoms with Gasteiger partial charge >= 0.3 is 5.97 Å². The molecular formula is C13H23NO2. The zero-order valence-corrected chi connectivity index (χ0v) is 10.5. The summed E-state index contributed by atoms with van der Waals surface area (Å²) in [6, 6.07) is 0. The van der Waals surface area contributed by atoms with Crippen molar-refractivity contribution >= 4 is 5.97 Å². The Morgan fingerprint density at radius 3 is 2.75 bits per heavy atom. The minimum absolute atomic E-state index is 0.0330. The van der Waals surface area contributed by atoms with Crippen LogP contribution in [-0.2, 0) is 9.53 Å². The third-order valence-corrected chi connectivity index (χ3v) is 4.21. The molecule has 0 N–H and O–H groups in total. The minimum Gasteiger partial charge on any atom is -0.459 e. The van der Waals surface area contributed by atoms with Gasteiger partial charge in [-0.05, 0) is 13.5 Å². The first-order chi connectivity index (χ1) is 7.66. The Morgan fingerprint density at radius 1 is 1.44 bits per heavy atom. The maximum atomic E-state index is 11.5. The summed E-state index contributed by atoms with van der Waals surface area (Å²) in [6.45, 7) is 4.34. The second kappa shape index (κ2) is 4.74. The van der Waals surface area contributed by atoms with Crippen LogP contribution < -0.4 is 0 Å². The molecule has 1 atom stereocenters. The Hall–Kier alpha value is -0.570. The summed E-state index contributed by atoms with van der Waals surface area (Å²) in [4.78, 5) is 13.9. The van der Waals surface area contributed by atoms with E-state index < -0.39 is 0 Å². The lowest BCUT2D eigenvalue weighted by atomic mass is 9.77. The molecule has 0 aromatic rings. The zero-order chi connectivity index (χ0) is 11.6. The van der Waals surface area contributed by atoms with Gasteiger partial charge in [-0.25, -0.2) is 0 Å². The minimum atomic E-state index is -0.0984. The highest BCUT2D eigenvalue weighted by atomic mass is 16.6. The molecule has 2 heterocycles. The molecule has 0 unspecified atom stereocenters. The molecule has 0 aliphatic carbocycles. The molecule has 0 aromatic heterocycles. The van der Waals surface area contributed by atoms with Gasteiger partial charge in [-0.1, -0.05) is 19.8 Å². The van der Waals surface area contributed by atoms with E-state index in [9.17, 15) is 4.79 Å². The normalized spacial score (nSPS) is 29.6. The van der Waals surface area contributed by atoms with Gasteiger partial charge in [0.25, 0.3) is 0 Å². The fraction of sp³-hybridized carbons (Fsp3) is 0.923. The summed E-state index contributed by atoms with van der Waals surface area (Å²) < 4.78 is 5.68. The van der Waals surface area contributed by atoms with Gasteiger partial charge in [0, 0.05) is 31.8 Å². The summed E-state index contributed by atoms with van der Waals surface area (Å²) in [6.07, 6.45) is 6.31. The molecule has 1 spiro atoms. The van der Waals surface area contributed by atoms with E-state index in [0.717, 1.165) is 32.4 Å². The van der Waals surface area contributed by atoms with E-state index in [4.69, 9.17) is 4.74 Å². The molecule has 2 aliphatic rings. The molecule has 2 saturated heterocycles. The number of carbonyl (C=O) groups excluding carboxylic acids is 1. The van der Waals surface area contributed by atoms with E-state index in [2.05, 4.69) is 18.9 Å². The molecule has 0 bridgehead atoms. The Balaban J connectivity index is 2.02. The summed E-state index contributed by atoms with van der Waals surface area (Å²) in [7, 11) is 2.14. The highest BCUT2D eigenvalue weighted by Crippen LogP contribution is 2.43. The molecule has 3 nitrogen and oxygen atoms in total. The van der Waals surface area contributed by atoms with E-state index in [1.54, 1.807) is 0 Å². The molecule has 2 rings (SSSR count). The van der Waals surface area contributed by atoms with Crippen molar-refractivity contribution in [2.24, 2.45) is 5.92 Å². The largest absolute Gasteiger partial charge is 0.459 e. The number of esters is 1. The number of unbranched alkanes of at least 4 members (excludes halogenated alkanes) is 1. The highest BCUT2D eigenvalue weighted by Gasteiger charge is 2.49. The highest BCUT2D eigenvalue weighted by molar-refractivity contribution is 5.73. The van der Waals surface area contributed by atoms with Crippen molar-refractivity contribution in [1.29, 1.82) is 0 Å². The second-order valence-corrected chi connectivity index (χ2v) is 5.39. The topological polar surface area (TPSA) is 29.5 Å². The number of likely N-dealkylation sites (tertiary alicyclic amines) is 1. The lowest BCUT2D eigenvalue weighted by molar-refractivity contribution is -0.153. The van der Waals surface area contributed by atoms with Gasteiger partial charge in [0.1, 0.15) is 5.60 Å². The third kappa shape index (κ3) is 2.24. The fourth-order valence-corrected chi connectivity index (χ4v) is 3.06. The predicted octanol–water partition coefficient (Wildman–Crippen LogP) is 2.20. The Morgan fingerprint density at radius 2 is 2.12 bits per heavy atom. The second-order valence-electron chi connectivity index (χ2n) is 5.39. The Kier molecular flexibility index (Phi) is 3.53. The number of nitrogens with zero attached hydrogens (tertiary/aromatic N) is 1. The van der Waals surface area contributed by atoms with Crippen molar-refractivity contribution in [3.8, 4) is 0 Å². The molecular weight excluding hydrogens is 202 g/mol. The molecule has 0 radical (unpaired) electrons. The van der Waals surface area contributed by atoms with Crippen molar-refractivity contribution in [2.45, 2.75) is 51.0 Å². The van der Waals surface area contributed by atoms with Crippen LogP contribution >= 0.6 is 0 Å². The molecule has 92 valence electrons. The molecule has 16 heavy (non-hydrogen) atoms. The van der Waals surface area contributed by atoms with Crippen LogP contribution in [0.25, 0.3) is 0 Å². The molecule has 0 saturated carbocycles. The number of hydrogen-bond donors (Lipinski definition) is 0. The predicted molar refractivity (Wildman–Crippen MR) is 63.2 cm³/mol. The van der Waals surface area contributed by atoms with E-state index in [1.807, 2.05) is 0 Å². The van der Waals surface area contributed by atoms with Gasteiger partial charge in [-0.3, -0.25) is 4.79 Å². The molecule has 3 heteroatoms. The van der Waals surface area contributed by atoms with Crippen LogP contribution in [0.2, 0.25) is 0 Å². The molecule has 0 aromatic carbocycles. The SMILES string of the molecule is CCCC[C@H]1CC(=O)OC12CCN(C)CC2. The monoisotopic (exact) mass is 225 g/mol. The van der Waals surface area contributed by atoms with Gasteiger partial charge in [0.15, 0.2) is 0 Å². The van der Waals surface area contributed by atoms with E-state index in [-0.39, 0.29) is 11.6 Å². The molecule has 2 fully saturated rings. The summed E-state index contributed by atoms with van der Waals surface area (Å²) in [5.41, 5.74) is -0.0984. The van der Waals surface area contributed by atoms with Crippen LogP contribution in [-0.4, -0.2) is 36.6 Å². The Labute approximate surface area is 98.1 Å². The summed E-state index contributed by atoms with van der Waals surface area (Å²) in [5, 5.41) is 0. The van der Waals surface area contributed by atoms with Crippen molar-refractivity contribution in [3.63, 3.8) is 0 Å². The van der Waals surface area contributed by atoms with E-state index in [0.29, 0.717) is 12.3 Å². The van der Waals surface area contributed by atoms with Crippen molar-refractivity contribution in [3.05, 3.63) is 0 Å². The lowest BCUT2D eigenvalue weighted by Gasteiger charge is -2.40. The lowest BCUT2D eigenvalue weighted by Crippen LogP contribution is -2.46. The number of carbonyl (C=O) groups is 1. The van der Waals surface area contributed by atoms with E-state index >= 15 is 0 Å². The molecule has 0 amide bonds. The maximum absolute atomic E-state index is 11.5. The van der Waals surface area contributed by atoms with Gasteiger partial charge < -0.3 is 9.64 Å². The third-order valence-electron chi connectivity index (χ3n) is 4.21. The smallest absolute Gasteiger partial charge is 0.306 e. The molecule has 2 aliphatic heterocycles. The van der Waals surface area contributed by atoms with Crippen molar-refractivity contribution in [2.75, 3.05) is 20.1 Å². The average molecular weight is 225 g/mol. The number of rotatable bonds is 3. The van der Waals surface area contributed by atoms with Gasteiger partial charge in [0.2, 0.25) is 0 Å². The van der Waals surface area contributed by atoms with Crippen LogP contribution in [0.5, 0.6) is 0 Å². The van der Waals surface area contributed by atoms with Gasteiger partial charge in [-0.2, -0.15) is 0 Å². The van der Waals surface area contributed by atoms with Crippen LogP contribution in [0.4, 0.5) is 0 Å². The quantitative estimate of drug-likeness (QED) is 0.690. The van der Waals surface area contributed by atoms with Crippen LogP contribution in [0.3, 0.4) is 0 Å². The summed E-state index contributed by atoms with van der Waals surface area (Å²) in [5.74, 6) is 0.513. The number of piperidine rings is 1. The van der Waals surface area contributed by atoms with Crippen molar-refractivity contribution in [1.82, 2.24) is 4.90 Å². The van der Waals surface area contributed by atoms with Crippen LogP contribution in [0, 0.1) is 5.92 Å². The van der Waals surface area contributed by atoms with Gasteiger partial charge in [0.05, 0.1) is 6.42 Å². The zero-order valence-electron chi connectivity index (χ0n) is 10.5. The van der Waals surface area contributed by atoms with E-state index in [1.165, 1.54) is 12.8 Å². The first-order valence-corrected chi connectivity index (χ1v) is 6.56. The first kappa shape index (κ1) is 11.9. The maximum Gasteiger partial charge on any atom is 0.306 e. The fourth-order valence-electron chi connectivity index (χ4n) is 3.06. The summed E-state index contributed by atoms with van der Waals surface area (Å²) >= 11 is 0. The Bertz CT molecular complexity index is 257.